The topological polar surface area (TPSA) is 81.9 Å². The number of nitrogens with zero attached hydrogens (tertiary/aromatic N) is 1. The van der Waals surface area contributed by atoms with Crippen molar-refractivity contribution in [2.45, 2.75) is 18.9 Å². The van der Waals surface area contributed by atoms with Gasteiger partial charge in [0.05, 0.1) is 13.2 Å². The van der Waals surface area contributed by atoms with Gasteiger partial charge >= 0.3 is 0 Å². The smallest absolute Gasteiger partial charge is 0.255 e. The minimum atomic E-state index is -0.562. The van der Waals surface area contributed by atoms with E-state index >= 15 is 0 Å². The second-order valence-electron chi connectivity index (χ2n) is 6.70. The van der Waals surface area contributed by atoms with Crippen LogP contribution in [0.15, 0.2) is 48.5 Å². The SMILES string of the molecule is COc1cc(/C=C/C(=O)N(C)C2CCc3ccccc32)ccc1OCC(N)=O. The second kappa shape index (κ2) is 8.61. The van der Waals surface area contributed by atoms with E-state index < -0.39 is 5.91 Å². The molecule has 6 nitrogen and oxygen atoms in total. The van der Waals surface area contributed by atoms with Crippen molar-refractivity contribution in [1.29, 1.82) is 0 Å². The number of amides is 2. The van der Waals surface area contributed by atoms with E-state index in [4.69, 9.17) is 15.2 Å². The summed E-state index contributed by atoms with van der Waals surface area (Å²) in [4.78, 5) is 25.3. The number of benzene rings is 2. The number of nitrogens with two attached hydrogens (primary N) is 1. The van der Waals surface area contributed by atoms with Gasteiger partial charge in [-0.05, 0) is 47.7 Å². The number of ether oxygens (including phenoxy) is 2. The third-order valence-electron chi connectivity index (χ3n) is 4.89. The highest BCUT2D eigenvalue weighted by atomic mass is 16.5. The van der Waals surface area contributed by atoms with E-state index in [0.29, 0.717) is 11.5 Å². The summed E-state index contributed by atoms with van der Waals surface area (Å²) >= 11 is 0. The van der Waals surface area contributed by atoms with E-state index in [2.05, 4.69) is 12.1 Å². The maximum Gasteiger partial charge on any atom is 0.255 e. The van der Waals surface area contributed by atoms with Crippen LogP contribution in [-0.2, 0) is 16.0 Å². The van der Waals surface area contributed by atoms with E-state index in [1.165, 1.54) is 18.2 Å². The molecular formula is C22H24N2O4. The molecule has 0 fully saturated rings. The molecule has 0 aromatic heterocycles. The Morgan fingerprint density at radius 2 is 2.00 bits per heavy atom. The second-order valence-corrected chi connectivity index (χ2v) is 6.70. The summed E-state index contributed by atoms with van der Waals surface area (Å²) < 4.78 is 10.6. The minimum absolute atomic E-state index is 0.0604. The highest BCUT2D eigenvalue weighted by Gasteiger charge is 2.27. The van der Waals surface area contributed by atoms with Gasteiger partial charge in [0.1, 0.15) is 0 Å². The lowest BCUT2D eigenvalue weighted by atomic mass is 10.1. The molecule has 1 aliphatic carbocycles. The summed E-state index contributed by atoms with van der Waals surface area (Å²) in [6.07, 6.45) is 5.22. The number of carbonyl (C=O) groups excluding carboxylic acids is 2. The van der Waals surface area contributed by atoms with Crippen LogP contribution in [0.25, 0.3) is 6.08 Å². The van der Waals surface area contributed by atoms with Crippen molar-refractivity contribution < 1.29 is 19.1 Å². The van der Waals surface area contributed by atoms with Crippen molar-refractivity contribution in [1.82, 2.24) is 4.90 Å². The molecule has 1 unspecified atom stereocenters. The predicted octanol–water partition coefficient (Wildman–Crippen LogP) is 2.72. The summed E-state index contributed by atoms with van der Waals surface area (Å²) in [6, 6.07) is 13.6. The molecule has 3 rings (SSSR count). The quantitative estimate of drug-likeness (QED) is 0.749. The van der Waals surface area contributed by atoms with Crippen molar-refractivity contribution in [2.75, 3.05) is 20.8 Å². The molecule has 0 heterocycles. The molecular weight excluding hydrogens is 356 g/mol. The number of hydrogen-bond donors (Lipinski definition) is 1. The standard InChI is InChI=1S/C22H24N2O4/c1-24(18-10-9-16-5-3-4-6-17(16)18)22(26)12-8-15-7-11-19(20(13-15)27-2)28-14-21(23)25/h3-8,11-13,18H,9-10,14H2,1-2H3,(H2,23,25)/b12-8+. The lowest BCUT2D eigenvalue weighted by Crippen LogP contribution is -2.28. The summed E-state index contributed by atoms with van der Waals surface area (Å²) in [6.45, 7) is -0.225. The fourth-order valence-electron chi connectivity index (χ4n) is 3.43. The zero-order chi connectivity index (χ0) is 20.1. The Morgan fingerprint density at radius 3 is 2.75 bits per heavy atom. The van der Waals surface area contributed by atoms with Gasteiger partial charge < -0.3 is 20.1 Å². The predicted molar refractivity (Wildman–Crippen MR) is 107 cm³/mol. The molecule has 0 bridgehead atoms. The summed E-state index contributed by atoms with van der Waals surface area (Å²) in [5.41, 5.74) is 8.42. The average molecular weight is 380 g/mol. The molecule has 28 heavy (non-hydrogen) atoms. The molecule has 2 N–H and O–H groups in total. The van der Waals surface area contributed by atoms with Crippen LogP contribution in [0.3, 0.4) is 0 Å². The molecule has 0 spiro atoms. The van der Waals surface area contributed by atoms with Gasteiger partial charge in [-0.2, -0.15) is 0 Å². The van der Waals surface area contributed by atoms with Gasteiger partial charge in [-0.1, -0.05) is 30.3 Å². The Morgan fingerprint density at radius 1 is 1.21 bits per heavy atom. The number of rotatable bonds is 7. The normalized spacial score (nSPS) is 15.3. The van der Waals surface area contributed by atoms with Gasteiger partial charge in [-0.3, -0.25) is 9.59 Å². The first-order valence-corrected chi connectivity index (χ1v) is 9.11. The third kappa shape index (κ3) is 4.34. The fraction of sp³-hybridized carbons (Fsp3) is 0.273. The first-order chi connectivity index (χ1) is 13.5. The van der Waals surface area contributed by atoms with Crippen LogP contribution in [0.5, 0.6) is 11.5 Å². The molecule has 146 valence electrons. The summed E-state index contributed by atoms with van der Waals surface area (Å²) in [5.74, 6) is 0.265. The number of carbonyl (C=O) groups is 2. The number of primary amides is 1. The van der Waals surface area contributed by atoms with E-state index in [9.17, 15) is 9.59 Å². The molecule has 6 heteroatoms. The number of likely N-dealkylation sites (N-methyl/N-ethyl adjacent to an activating group) is 1. The summed E-state index contributed by atoms with van der Waals surface area (Å²) in [5, 5.41) is 0. The molecule has 2 aromatic carbocycles. The zero-order valence-electron chi connectivity index (χ0n) is 16.1. The zero-order valence-corrected chi connectivity index (χ0v) is 16.1. The van der Waals surface area contributed by atoms with Gasteiger partial charge in [0.25, 0.3) is 5.91 Å². The van der Waals surface area contributed by atoms with Gasteiger partial charge in [0, 0.05) is 13.1 Å². The fourth-order valence-corrected chi connectivity index (χ4v) is 3.43. The molecule has 0 radical (unpaired) electrons. The number of hydrogen-bond acceptors (Lipinski definition) is 4. The average Bonchev–Trinajstić information content (AvgIpc) is 3.14. The first kappa shape index (κ1) is 19.5. The van der Waals surface area contributed by atoms with Crippen LogP contribution in [-0.4, -0.2) is 37.5 Å². The van der Waals surface area contributed by atoms with Crippen molar-refractivity contribution in [3.8, 4) is 11.5 Å². The molecule has 0 saturated carbocycles. The van der Waals surface area contributed by atoms with Crippen molar-refractivity contribution in [3.63, 3.8) is 0 Å². The van der Waals surface area contributed by atoms with Gasteiger partial charge in [0.2, 0.25) is 5.91 Å². The summed E-state index contributed by atoms with van der Waals surface area (Å²) in [7, 11) is 3.34. The lowest BCUT2D eigenvalue weighted by molar-refractivity contribution is -0.126. The van der Waals surface area contributed by atoms with Crippen LogP contribution < -0.4 is 15.2 Å². The monoisotopic (exact) mass is 380 g/mol. The van der Waals surface area contributed by atoms with Crippen molar-refractivity contribution in [2.24, 2.45) is 5.73 Å². The van der Waals surface area contributed by atoms with Crippen molar-refractivity contribution in [3.05, 3.63) is 65.2 Å². The maximum absolute atomic E-state index is 12.6. The molecule has 2 aromatic rings. The van der Waals surface area contributed by atoms with Crippen LogP contribution >= 0.6 is 0 Å². The van der Waals surface area contributed by atoms with Crippen LogP contribution in [0.1, 0.15) is 29.2 Å². The van der Waals surface area contributed by atoms with Crippen LogP contribution in [0.2, 0.25) is 0 Å². The van der Waals surface area contributed by atoms with Gasteiger partial charge in [-0.25, -0.2) is 0 Å². The number of aryl methyl sites for hydroxylation is 1. The molecule has 1 aliphatic rings. The highest BCUT2D eigenvalue weighted by Crippen LogP contribution is 2.35. The van der Waals surface area contributed by atoms with E-state index in [0.717, 1.165) is 18.4 Å². The van der Waals surface area contributed by atoms with E-state index in [1.807, 2.05) is 19.2 Å². The van der Waals surface area contributed by atoms with E-state index in [-0.39, 0.29) is 18.6 Å². The number of fused-ring (bicyclic) bond motifs is 1. The Bertz CT molecular complexity index is 907. The highest BCUT2D eigenvalue weighted by molar-refractivity contribution is 5.92. The van der Waals surface area contributed by atoms with Gasteiger partial charge in [0.15, 0.2) is 18.1 Å². The Kier molecular flexibility index (Phi) is 5.99. The lowest BCUT2D eigenvalue weighted by Gasteiger charge is -2.24. The largest absolute Gasteiger partial charge is 0.493 e. The number of methoxy groups -OCH3 is 1. The molecule has 0 saturated heterocycles. The first-order valence-electron chi connectivity index (χ1n) is 9.11. The molecule has 1 atom stereocenters. The molecule has 2 amide bonds. The van der Waals surface area contributed by atoms with E-state index in [1.54, 1.807) is 35.3 Å². The maximum atomic E-state index is 12.6. The Hall–Kier alpha value is -3.28. The van der Waals surface area contributed by atoms with Crippen LogP contribution in [0.4, 0.5) is 0 Å². The van der Waals surface area contributed by atoms with Crippen molar-refractivity contribution >= 4 is 17.9 Å². The Labute approximate surface area is 164 Å². The minimum Gasteiger partial charge on any atom is -0.493 e. The molecule has 0 aliphatic heterocycles. The Balaban J connectivity index is 1.69. The third-order valence-corrected chi connectivity index (χ3v) is 4.89. The van der Waals surface area contributed by atoms with Crippen LogP contribution in [0, 0.1) is 0 Å². The van der Waals surface area contributed by atoms with Gasteiger partial charge in [-0.15, -0.1) is 0 Å².